The molecule has 0 N–H and O–H groups in total. The molecule has 7 heavy (non-hydrogen) atoms. The van der Waals surface area contributed by atoms with Crippen molar-refractivity contribution in [2.75, 3.05) is 0 Å². The molecule has 0 fully saturated rings. The van der Waals surface area contributed by atoms with Crippen molar-refractivity contribution in [1.29, 1.82) is 0 Å². The smallest absolute Gasteiger partial charge is 0.0115 e. The fourth-order valence-corrected chi connectivity index (χ4v) is 0.172. The molecular formula is C7H6. The quantitative estimate of drug-likeness (QED) is 0.260. The van der Waals surface area contributed by atoms with Crippen LogP contribution in [0.3, 0.4) is 0 Å². The van der Waals surface area contributed by atoms with E-state index in [9.17, 15) is 0 Å². The number of hydrogen-bond donors (Lipinski definition) is 0. The number of hydrogen-bond acceptors (Lipinski definition) is 0. The van der Waals surface area contributed by atoms with Gasteiger partial charge in [-0.2, -0.15) is 0 Å². The van der Waals surface area contributed by atoms with Gasteiger partial charge in [0.05, 0.1) is 0 Å². The van der Waals surface area contributed by atoms with E-state index in [4.69, 9.17) is 6.42 Å². The highest BCUT2D eigenvalue weighted by Crippen LogP contribution is 1.67. The highest BCUT2D eigenvalue weighted by atomic mass is 13.5. The van der Waals surface area contributed by atoms with Crippen molar-refractivity contribution in [2.24, 2.45) is 0 Å². The van der Waals surface area contributed by atoms with Gasteiger partial charge in [0.25, 0.3) is 0 Å². The van der Waals surface area contributed by atoms with Gasteiger partial charge >= 0.3 is 0 Å². The lowest BCUT2D eigenvalue weighted by molar-refractivity contribution is 2.02. The molecule has 0 saturated carbocycles. The molecule has 0 radical (unpaired) electrons. The van der Waals surface area contributed by atoms with Crippen LogP contribution in [0, 0.1) is 12.3 Å². The van der Waals surface area contributed by atoms with Crippen LogP contribution in [-0.2, 0) is 0 Å². The van der Waals surface area contributed by atoms with Crippen LogP contribution in [0.1, 0.15) is 0 Å². The van der Waals surface area contributed by atoms with Crippen molar-refractivity contribution < 1.29 is 0 Å². The average Bonchev–Trinajstić information content (AvgIpc) is 1.69. The van der Waals surface area contributed by atoms with Crippen LogP contribution in [0.4, 0.5) is 0 Å². The highest BCUT2D eigenvalue weighted by Gasteiger charge is 1.49. The minimum absolute atomic E-state index is 1.58. The highest BCUT2D eigenvalue weighted by molar-refractivity contribution is 5.14. The third kappa shape index (κ3) is 4.82. The zero-order chi connectivity index (χ0) is 5.54. The predicted molar refractivity (Wildman–Crippen MR) is 31.7 cm³/mol. The second-order valence-corrected chi connectivity index (χ2v) is 0.897. The van der Waals surface area contributed by atoms with Crippen molar-refractivity contribution in [2.45, 2.75) is 0 Å². The maximum Gasteiger partial charge on any atom is -0.0115 e. The van der Waals surface area contributed by atoms with E-state index in [1.165, 1.54) is 0 Å². The van der Waals surface area contributed by atoms with E-state index < -0.39 is 0 Å². The molecule has 0 rings (SSSR count). The lowest BCUT2D eigenvalue weighted by atomic mass is 10.5. The predicted octanol–water partition coefficient (Wildman–Crippen LogP) is 1.52. The van der Waals surface area contributed by atoms with Crippen LogP contribution in [0.25, 0.3) is 0 Å². The summed E-state index contributed by atoms with van der Waals surface area (Å²) in [6.45, 7) is 3.33. The molecule has 0 aliphatic heterocycles. The Morgan fingerprint density at radius 3 is 2.71 bits per heavy atom. The first-order valence-electron chi connectivity index (χ1n) is 1.89. The normalized spacial score (nSPS) is 7.29. The lowest BCUT2D eigenvalue weighted by Crippen LogP contribution is -1.41. The maximum absolute atomic E-state index is 4.86. The summed E-state index contributed by atoms with van der Waals surface area (Å²) in [5.41, 5.74) is 2.55. The fourth-order valence-electron chi connectivity index (χ4n) is 0.172. The number of terminal acetylenes is 1. The average molecular weight is 90.1 g/mol. The monoisotopic (exact) mass is 90.0 g/mol. The number of allylic oxidation sites excluding steroid dienone is 3. The van der Waals surface area contributed by atoms with Crippen LogP contribution in [0.5, 0.6) is 0 Å². The van der Waals surface area contributed by atoms with Crippen LogP contribution in [0.2, 0.25) is 0 Å². The summed E-state index contributed by atoms with van der Waals surface area (Å²) in [4.78, 5) is 0. The van der Waals surface area contributed by atoms with Gasteiger partial charge in [0.2, 0.25) is 0 Å². The zero-order valence-electron chi connectivity index (χ0n) is 4.02. The summed E-state index contributed by atoms with van der Waals surface area (Å²) >= 11 is 0. The molecule has 0 amide bonds. The maximum atomic E-state index is 4.86. The van der Waals surface area contributed by atoms with Crippen LogP contribution in [-0.4, -0.2) is 0 Å². The Morgan fingerprint density at radius 2 is 2.29 bits per heavy atom. The van der Waals surface area contributed by atoms with Crippen molar-refractivity contribution in [3.63, 3.8) is 0 Å². The summed E-state index contributed by atoms with van der Waals surface area (Å²) in [5, 5.41) is 0. The third-order valence-electron chi connectivity index (χ3n) is 0.407. The summed E-state index contributed by atoms with van der Waals surface area (Å²) < 4.78 is 0. The fraction of sp³-hybridized carbons (Fsp3) is 0. The molecule has 0 saturated heterocycles. The molecule has 0 aromatic heterocycles. The first-order valence-corrected chi connectivity index (χ1v) is 1.89. The molecule has 0 heterocycles. The van der Waals surface area contributed by atoms with E-state index in [0.29, 0.717) is 0 Å². The molecule has 0 atom stereocenters. The van der Waals surface area contributed by atoms with Crippen LogP contribution in [0.15, 0.2) is 30.5 Å². The van der Waals surface area contributed by atoms with Crippen LogP contribution < -0.4 is 0 Å². The molecule has 0 aliphatic rings. The lowest BCUT2D eigenvalue weighted by Gasteiger charge is -1.58. The van der Waals surface area contributed by atoms with E-state index in [1.54, 1.807) is 18.2 Å². The van der Waals surface area contributed by atoms with Crippen molar-refractivity contribution >= 4 is 0 Å². The summed E-state index contributed by atoms with van der Waals surface area (Å²) in [6.07, 6.45) is 9.80. The summed E-state index contributed by atoms with van der Waals surface area (Å²) in [6, 6.07) is 0. The van der Waals surface area contributed by atoms with Gasteiger partial charge in [0.15, 0.2) is 0 Å². The molecule has 0 aromatic carbocycles. The van der Waals surface area contributed by atoms with Gasteiger partial charge in [-0.1, -0.05) is 12.5 Å². The molecular weight excluding hydrogens is 84.1 g/mol. The van der Waals surface area contributed by atoms with Gasteiger partial charge in [-0.3, -0.25) is 0 Å². The zero-order valence-corrected chi connectivity index (χ0v) is 4.02. The summed E-state index contributed by atoms with van der Waals surface area (Å²) in [5.74, 6) is 2.32. The minimum Gasteiger partial charge on any atom is -0.129 e. The molecule has 0 spiro atoms. The van der Waals surface area contributed by atoms with Gasteiger partial charge in [-0.15, -0.1) is 12.2 Å². The van der Waals surface area contributed by atoms with E-state index in [0.717, 1.165) is 0 Å². The first-order chi connectivity index (χ1) is 3.41. The largest absolute Gasteiger partial charge is 0.129 e. The first kappa shape index (κ1) is 5.82. The van der Waals surface area contributed by atoms with E-state index >= 15 is 0 Å². The Hall–Kier alpha value is -1.18. The van der Waals surface area contributed by atoms with Crippen molar-refractivity contribution in [1.82, 2.24) is 0 Å². The van der Waals surface area contributed by atoms with Gasteiger partial charge < -0.3 is 0 Å². The SMILES string of the molecule is C#CC=CC=C=C. The van der Waals surface area contributed by atoms with Crippen molar-refractivity contribution in [3.8, 4) is 12.3 Å². The molecule has 0 heteroatoms. The Balaban J connectivity index is 3.54. The Labute approximate surface area is 43.9 Å². The van der Waals surface area contributed by atoms with Crippen LogP contribution >= 0.6 is 0 Å². The third-order valence-corrected chi connectivity index (χ3v) is 0.407. The standard InChI is InChI=1S/C7H6/c1-3-5-7-6-4-2/h1,5-7H,2H2. The van der Waals surface area contributed by atoms with E-state index in [2.05, 4.69) is 18.2 Å². The Kier molecular flexibility index (Phi) is 4.01. The van der Waals surface area contributed by atoms with Crippen molar-refractivity contribution in [3.05, 3.63) is 30.5 Å². The van der Waals surface area contributed by atoms with E-state index in [1.807, 2.05) is 0 Å². The number of rotatable bonds is 1. The van der Waals surface area contributed by atoms with Gasteiger partial charge in [0.1, 0.15) is 0 Å². The molecule has 0 aliphatic carbocycles. The second kappa shape index (κ2) is 4.82. The molecule has 0 nitrogen and oxygen atoms in total. The molecule has 0 unspecified atom stereocenters. The topological polar surface area (TPSA) is 0 Å². The molecule has 0 bridgehead atoms. The summed E-state index contributed by atoms with van der Waals surface area (Å²) in [7, 11) is 0. The Morgan fingerprint density at radius 1 is 1.57 bits per heavy atom. The van der Waals surface area contributed by atoms with Gasteiger partial charge in [-0.05, 0) is 18.2 Å². The van der Waals surface area contributed by atoms with E-state index in [-0.39, 0.29) is 0 Å². The van der Waals surface area contributed by atoms with Gasteiger partial charge in [0, 0.05) is 0 Å². The minimum atomic E-state index is 1.58. The second-order valence-electron chi connectivity index (χ2n) is 0.897. The molecule has 0 aromatic rings. The van der Waals surface area contributed by atoms with Gasteiger partial charge in [-0.25, -0.2) is 0 Å². The Bertz CT molecular complexity index is 138. The molecule has 34 valence electrons.